The first-order valence-electron chi connectivity index (χ1n) is 5.15. The summed E-state index contributed by atoms with van der Waals surface area (Å²) in [5.41, 5.74) is -0.676. The Kier molecular flexibility index (Phi) is 4.64. The molecule has 110 valence electrons. The summed E-state index contributed by atoms with van der Waals surface area (Å²) in [6.45, 7) is 0. The highest BCUT2D eigenvalue weighted by atomic mass is 19.4. The summed E-state index contributed by atoms with van der Waals surface area (Å²) in [5, 5.41) is 9.89. The number of carboxylic acid groups (broad SMARTS) is 1. The molecule has 1 rings (SSSR count). The Labute approximate surface area is 109 Å². The largest absolute Gasteiger partial charge is 0.481 e. The van der Waals surface area contributed by atoms with Crippen LogP contribution in [0.4, 0.5) is 22.0 Å². The van der Waals surface area contributed by atoms with Gasteiger partial charge in [0, 0.05) is 5.56 Å². The van der Waals surface area contributed by atoms with Gasteiger partial charge in [-0.05, 0) is 18.2 Å². The van der Waals surface area contributed by atoms with E-state index in [2.05, 4.69) is 0 Å². The van der Waals surface area contributed by atoms with Crippen LogP contribution in [-0.2, 0) is 9.59 Å². The SMILES string of the molecule is O=C(O)C[C@H](NC(=O)C(F)(F)F)c1cc(F)ccc1F. The van der Waals surface area contributed by atoms with E-state index in [-0.39, 0.29) is 0 Å². The van der Waals surface area contributed by atoms with E-state index in [1.54, 1.807) is 0 Å². The molecule has 9 heteroatoms. The number of hydrogen-bond donors (Lipinski definition) is 2. The molecule has 0 saturated carbocycles. The summed E-state index contributed by atoms with van der Waals surface area (Å²) in [5.74, 6) is -6.12. The lowest BCUT2D eigenvalue weighted by molar-refractivity contribution is -0.174. The molecule has 0 heterocycles. The number of carbonyl (C=O) groups excluding carboxylic acids is 1. The number of halogens is 5. The summed E-state index contributed by atoms with van der Waals surface area (Å²) in [6.07, 6.45) is -6.29. The van der Waals surface area contributed by atoms with Gasteiger partial charge in [-0.1, -0.05) is 0 Å². The van der Waals surface area contributed by atoms with Crippen LogP contribution in [0.2, 0.25) is 0 Å². The number of benzene rings is 1. The second kappa shape index (κ2) is 5.85. The second-order valence-corrected chi connectivity index (χ2v) is 3.79. The predicted molar refractivity (Wildman–Crippen MR) is 55.5 cm³/mol. The molecule has 4 nitrogen and oxygen atoms in total. The minimum absolute atomic E-state index is 0.527. The number of nitrogens with one attached hydrogen (secondary N) is 1. The van der Waals surface area contributed by atoms with Gasteiger partial charge >= 0.3 is 18.1 Å². The van der Waals surface area contributed by atoms with Crippen molar-refractivity contribution in [2.75, 3.05) is 0 Å². The first-order valence-corrected chi connectivity index (χ1v) is 5.15. The maximum Gasteiger partial charge on any atom is 0.471 e. The van der Waals surface area contributed by atoms with E-state index in [9.17, 15) is 31.5 Å². The molecule has 0 bridgehead atoms. The Bertz CT molecular complexity index is 529. The van der Waals surface area contributed by atoms with Crippen molar-refractivity contribution >= 4 is 11.9 Å². The van der Waals surface area contributed by atoms with Gasteiger partial charge < -0.3 is 10.4 Å². The van der Waals surface area contributed by atoms with Crippen LogP contribution in [0.5, 0.6) is 0 Å². The number of alkyl halides is 3. The molecule has 0 unspecified atom stereocenters. The molecule has 0 fully saturated rings. The zero-order chi connectivity index (χ0) is 15.5. The van der Waals surface area contributed by atoms with Crippen LogP contribution in [0, 0.1) is 11.6 Å². The highest BCUT2D eigenvalue weighted by Crippen LogP contribution is 2.24. The number of aliphatic carboxylic acids is 1. The van der Waals surface area contributed by atoms with Gasteiger partial charge in [-0.15, -0.1) is 0 Å². The molecule has 0 aliphatic heterocycles. The minimum Gasteiger partial charge on any atom is -0.481 e. The first kappa shape index (κ1) is 15.9. The fourth-order valence-electron chi connectivity index (χ4n) is 1.44. The van der Waals surface area contributed by atoms with Gasteiger partial charge in [-0.3, -0.25) is 9.59 Å². The summed E-state index contributed by atoms with van der Waals surface area (Å²) in [4.78, 5) is 21.3. The van der Waals surface area contributed by atoms with E-state index in [0.29, 0.717) is 18.2 Å². The number of carboxylic acids is 1. The van der Waals surface area contributed by atoms with Crippen LogP contribution in [0.1, 0.15) is 18.0 Å². The van der Waals surface area contributed by atoms with Crippen molar-refractivity contribution in [3.05, 3.63) is 35.4 Å². The summed E-state index contributed by atoms with van der Waals surface area (Å²) in [7, 11) is 0. The monoisotopic (exact) mass is 297 g/mol. The zero-order valence-electron chi connectivity index (χ0n) is 9.67. The van der Waals surface area contributed by atoms with Crippen molar-refractivity contribution in [1.82, 2.24) is 5.32 Å². The normalized spacial score (nSPS) is 12.8. The molecule has 0 aromatic heterocycles. The highest BCUT2D eigenvalue weighted by molar-refractivity contribution is 5.82. The maximum absolute atomic E-state index is 13.4. The van der Waals surface area contributed by atoms with E-state index in [1.165, 1.54) is 5.32 Å². The van der Waals surface area contributed by atoms with Crippen molar-refractivity contribution in [3.63, 3.8) is 0 Å². The Morgan fingerprint density at radius 1 is 1.25 bits per heavy atom. The Hall–Kier alpha value is -2.19. The molecule has 2 N–H and O–H groups in total. The summed E-state index contributed by atoms with van der Waals surface area (Å²) < 4.78 is 62.7. The van der Waals surface area contributed by atoms with Gasteiger partial charge in [-0.2, -0.15) is 13.2 Å². The van der Waals surface area contributed by atoms with Crippen molar-refractivity contribution in [2.24, 2.45) is 0 Å². The molecule has 20 heavy (non-hydrogen) atoms. The van der Waals surface area contributed by atoms with Gasteiger partial charge in [0.1, 0.15) is 11.6 Å². The second-order valence-electron chi connectivity index (χ2n) is 3.79. The molecular weight excluding hydrogens is 289 g/mol. The van der Waals surface area contributed by atoms with Crippen LogP contribution in [0.25, 0.3) is 0 Å². The quantitative estimate of drug-likeness (QED) is 0.837. The standard InChI is InChI=1S/C11H8F5NO3/c12-5-1-2-7(13)6(3-5)8(4-9(18)19)17-10(20)11(14,15)16/h1-3,8H,4H2,(H,17,20)(H,18,19)/t8-/m0/s1. The summed E-state index contributed by atoms with van der Waals surface area (Å²) >= 11 is 0. The number of rotatable bonds is 4. The van der Waals surface area contributed by atoms with Gasteiger partial charge in [0.05, 0.1) is 12.5 Å². The van der Waals surface area contributed by atoms with Crippen molar-refractivity contribution in [1.29, 1.82) is 0 Å². The molecule has 1 atom stereocenters. The molecule has 0 spiro atoms. The topological polar surface area (TPSA) is 66.4 Å². The van der Waals surface area contributed by atoms with E-state index < -0.39 is 47.7 Å². The summed E-state index contributed by atoms with van der Waals surface area (Å²) in [6, 6.07) is 0.0264. The lowest BCUT2D eigenvalue weighted by Crippen LogP contribution is -2.40. The van der Waals surface area contributed by atoms with Crippen molar-refractivity contribution < 1.29 is 36.6 Å². The van der Waals surface area contributed by atoms with Crippen LogP contribution >= 0.6 is 0 Å². The predicted octanol–water partition coefficient (Wildman–Crippen LogP) is 2.16. The molecule has 1 amide bonds. The Morgan fingerprint density at radius 3 is 2.35 bits per heavy atom. The molecule has 0 aliphatic carbocycles. The molecule has 1 aromatic carbocycles. The van der Waals surface area contributed by atoms with E-state index in [4.69, 9.17) is 5.11 Å². The lowest BCUT2D eigenvalue weighted by atomic mass is 10.0. The van der Waals surface area contributed by atoms with Crippen LogP contribution in [-0.4, -0.2) is 23.2 Å². The lowest BCUT2D eigenvalue weighted by Gasteiger charge is -2.19. The zero-order valence-corrected chi connectivity index (χ0v) is 9.67. The number of hydrogen-bond acceptors (Lipinski definition) is 2. The van der Waals surface area contributed by atoms with E-state index in [0.717, 1.165) is 0 Å². The van der Waals surface area contributed by atoms with Gasteiger partial charge in [0.15, 0.2) is 0 Å². The number of carbonyl (C=O) groups is 2. The van der Waals surface area contributed by atoms with E-state index in [1.807, 2.05) is 0 Å². The third kappa shape index (κ3) is 4.18. The molecule has 1 aromatic rings. The highest BCUT2D eigenvalue weighted by Gasteiger charge is 2.40. The fourth-order valence-corrected chi connectivity index (χ4v) is 1.44. The van der Waals surface area contributed by atoms with Gasteiger partial charge in [0.25, 0.3) is 0 Å². The van der Waals surface area contributed by atoms with Crippen LogP contribution in [0.3, 0.4) is 0 Å². The fraction of sp³-hybridized carbons (Fsp3) is 0.273. The average molecular weight is 297 g/mol. The first-order chi connectivity index (χ1) is 9.11. The number of amides is 1. The smallest absolute Gasteiger partial charge is 0.471 e. The molecule has 0 aliphatic rings. The molecular formula is C11H8F5NO3. The van der Waals surface area contributed by atoms with Crippen LogP contribution < -0.4 is 5.32 Å². The Morgan fingerprint density at radius 2 is 1.85 bits per heavy atom. The average Bonchev–Trinajstić information content (AvgIpc) is 2.29. The minimum atomic E-state index is -5.26. The maximum atomic E-state index is 13.4. The molecule has 0 radical (unpaired) electrons. The van der Waals surface area contributed by atoms with Crippen molar-refractivity contribution in [2.45, 2.75) is 18.6 Å². The molecule has 0 saturated heterocycles. The third-order valence-electron chi connectivity index (χ3n) is 2.27. The van der Waals surface area contributed by atoms with Gasteiger partial charge in [-0.25, -0.2) is 8.78 Å². The van der Waals surface area contributed by atoms with E-state index >= 15 is 0 Å². The van der Waals surface area contributed by atoms with Gasteiger partial charge in [0.2, 0.25) is 0 Å². The third-order valence-corrected chi connectivity index (χ3v) is 2.27. The Balaban J connectivity index is 3.09. The van der Waals surface area contributed by atoms with Crippen molar-refractivity contribution in [3.8, 4) is 0 Å². The van der Waals surface area contributed by atoms with Crippen LogP contribution in [0.15, 0.2) is 18.2 Å².